The monoisotopic (exact) mass is 354 g/mol. The second kappa shape index (κ2) is 7.54. The van der Waals surface area contributed by atoms with Crippen LogP contribution < -0.4 is 15.4 Å². The van der Waals surface area contributed by atoms with Gasteiger partial charge in [-0.2, -0.15) is 0 Å². The number of anilines is 2. The highest BCUT2D eigenvalue weighted by Crippen LogP contribution is 2.18. The summed E-state index contributed by atoms with van der Waals surface area (Å²) < 4.78 is 5.05. The first-order valence-electron chi connectivity index (χ1n) is 7.28. The molecular weight excluding hydrogens is 340 g/mol. The highest BCUT2D eigenvalue weighted by Gasteiger charge is 2.13. The van der Waals surface area contributed by atoms with Gasteiger partial charge >= 0.3 is 0 Å². The summed E-state index contributed by atoms with van der Waals surface area (Å²) in [5, 5.41) is 7.28. The summed E-state index contributed by atoms with van der Waals surface area (Å²) in [4.78, 5) is 32.4. The standard InChI is InChI=1S/C17H14N4O3S/c1-24-13-6-4-11(5-7-13)15(22)21-17-20-14(10-25-17)16(23)19-12-3-2-8-18-9-12/h2-10H,1H3,(H,19,23)(H,20,21,22). The molecule has 2 N–H and O–H groups in total. The van der Waals surface area contributed by atoms with Crippen molar-refractivity contribution in [2.75, 3.05) is 17.7 Å². The number of hydrogen-bond donors (Lipinski definition) is 2. The Hall–Kier alpha value is -3.26. The highest BCUT2D eigenvalue weighted by atomic mass is 32.1. The zero-order valence-corrected chi connectivity index (χ0v) is 14.0. The summed E-state index contributed by atoms with van der Waals surface area (Å²) in [6, 6.07) is 10.1. The molecule has 0 aliphatic carbocycles. The maximum absolute atomic E-state index is 12.2. The Morgan fingerprint density at radius 2 is 1.88 bits per heavy atom. The van der Waals surface area contributed by atoms with Crippen molar-refractivity contribution in [3.8, 4) is 5.75 Å². The topological polar surface area (TPSA) is 93.2 Å². The molecule has 8 heteroatoms. The molecule has 0 fully saturated rings. The fourth-order valence-electron chi connectivity index (χ4n) is 1.98. The minimum absolute atomic E-state index is 0.221. The molecule has 2 heterocycles. The number of nitrogens with zero attached hydrogens (tertiary/aromatic N) is 2. The summed E-state index contributed by atoms with van der Waals surface area (Å²) >= 11 is 1.17. The lowest BCUT2D eigenvalue weighted by Gasteiger charge is -2.03. The summed E-state index contributed by atoms with van der Waals surface area (Å²) in [5.74, 6) is -0.00873. The van der Waals surface area contributed by atoms with Crippen LogP contribution in [0.4, 0.5) is 10.8 Å². The van der Waals surface area contributed by atoms with E-state index in [1.807, 2.05) is 0 Å². The van der Waals surface area contributed by atoms with E-state index in [0.29, 0.717) is 22.1 Å². The number of pyridine rings is 1. The van der Waals surface area contributed by atoms with Crippen LogP contribution in [0.1, 0.15) is 20.8 Å². The lowest BCUT2D eigenvalue weighted by molar-refractivity contribution is 0.101. The van der Waals surface area contributed by atoms with Crippen LogP contribution in [0, 0.1) is 0 Å². The van der Waals surface area contributed by atoms with E-state index in [2.05, 4.69) is 20.6 Å². The Bertz CT molecular complexity index is 878. The van der Waals surface area contributed by atoms with Crippen LogP contribution in [-0.4, -0.2) is 28.9 Å². The number of hydrogen-bond acceptors (Lipinski definition) is 6. The van der Waals surface area contributed by atoms with Crippen LogP contribution in [0.3, 0.4) is 0 Å². The van der Waals surface area contributed by atoms with Gasteiger partial charge in [-0.15, -0.1) is 11.3 Å². The lowest BCUT2D eigenvalue weighted by Crippen LogP contribution is -2.14. The molecule has 2 aromatic heterocycles. The van der Waals surface area contributed by atoms with Gasteiger partial charge in [0.25, 0.3) is 11.8 Å². The van der Waals surface area contributed by atoms with E-state index in [4.69, 9.17) is 4.74 Å². The van der Waals surface area contributed by atoms with Crippen molar-refractivity contribution in [2.45, 2.75) is 0 Å². The van der Waals surface area contributed by atoms with Crippen LogP contribution in [0.5, 0.6) is 5.75 Å². The first kappa shape index (κ1) is 16.6. The Morgan fingerprint density at radius 3 is 2.56 bits per heavy atom. The van der Waals surface area contributed by atoms with Crippen LogP contribution >= 0.6 is 11.3 Å². The molecule has 1 aromatic carbocycles. The smallest absolute Gasteiger partial charge is 0.275 e. The minimum atomic E-state index is -0.366. The van der Waals surface area contributed by atoms with Gasteiger partial charge in [-0.3, -0.25) is 19.9 Å². The van der Waals surface area contributed by atoms with E-state index >= 15 is 0 Å². The van der Waals surface area contributed by atoms with E-state index in [-0.39, 0.29) is 17.5 Å². The number of ether oxygens (including phenoxy) is 1. The number of carbonyl (C=O) groups excluding carboxylic acids is 2. The Morgan fingerprint density at radius 1 is 1.08 bits per heavy atom. The molecule has 3 rings (SSSR count). The number of nitrogens with one attached hydrogen (secondary N) is 2. The quantitative estimate of drug-likeness (QED) is 0.734. The van der Waals surface area contributed by atoms with Crippen molar-refractivity contribution in [3.63, 3.8) is 0 Å². The molecular formula is C17H14N4O3S. The van der Waals surface area contributed by atoms with Gasteiger partial charge in [-0.05, 0) is 36.4 Å². The molecule has 0 aliphatic heterocycles. The summed E-state index contributed by atoms with van der Waals surface area (Å²) in [6.45, 7) is 0. The summed E-state index contributed by atoms with van der Waals surface area (Å²) in [5.41, 5.74) is 1.26. The number of amides is 2. The largest absolute Gasteiger partial charge is 0.497 e. The predicted octanol–water partition coefficient (Wildman–Crippen LogP) is 3.05. The predicted molar refractivity (Wildman–Crippen MR) is 95.3 cm³/mol. The second-order valence-corrected chi connectivity index (χ2v) is 5.77. The molecule has 25 heavy (non-hydrogen) atoms. The summed E-state index contributed by atoms with van der Waals surface area (Å²) in [7, 11) is 1.56. The molecule has 7 nitrogen and oxygen atoms in total. The number of methoxy groups -OCH3 is 1. The molecule has 0 saturated heterocycles. The third-order valence-electron chi connectivity index (χ3n) is 3.23. The third-order valence-corrected chi connectivity index (χ3v) is 3.99. The molecule has 0 aliphatic rings. The maximum atomic E-state index is 12.2. The zero-order chi connectivity index (χ0) is 17.6. The number of rotatable bonds is 5. The number of carbonyl (C=O) groups is 2. The first-order chi connectivity index (χ1) is 12.2. The van der Waals surface area contributed by atoms with Gasteiger partial charge in [0.2, 0.25) is 0 Å². The van der Waals surface area contributed by atoms with E-state index < -0.39 is 0 Å². The van der Waals surface area contributed by atoms with Crippen LogP contribution in [0.15, 0.2) is 54.2 Å². The third kappa shape index (κ3) is 4.18. The maximum Gasteiger partial charge on any atom is 0.275 e. The minimum Gasteiger partial charge on any atom is -0.497 e. The van der Waals surface area contributed by atoms with Crippen LogP contribution in [0.25, 0.3) is 0 Å². The Balaban J connectivity index is 1.64. The Labute approximate surface area is 147 Å². The number of thiazole rings is 1. The van der Waals surface area contributed by atoms with Crippen LogP contribution in [0.2, 0.25) is 0 Å². The average Bonchev–Trinajstić information content (AvgIpc) is 3.11. The first-order valence-corrected chi connectivity index (χ1v) is 8.16. The lowest BCUT2D eigenvalue weighted by atomic mass is 10.2. The van der Waals surface area contributed by atoms with Crippen molar-refractivity contribution in [1.82, 2.24) is 9.97 Å². The van der Waals surface area contributed by atoms with Gasteiger partial charge < -0.3 is 10.1 Å². The van der Waals surface area contributed by atoms with Crippen molar-refractivity contribution in [3.05, 3.63) is 65.4 Å². The van der Waals surface area contributed by atoms with Gasteiger partial charge in [0.05, 0.1) is 19.0 Å². The molecule has 0 saturated carbocycles. The normalized spacial score (nSPS) is 10.1. The average molecular weight is 354 g/mol. The Kier molecular flexibility index (Phi) is 5.00. The van der Waals surface area contributed by atoms with E-state index in [1.165, 1.54) is 17.5 Å². The second-order valence-electron chi connectivity index (χ2n) is 4.92. The van der Waals surface area contributed by atoms with Crippen LogP contribution in [-0.2, 0) is 0 Å². The van der Waals surface area contributed by atoms with Crippen molar-refractivity contribution in [2.24, 2.45) is 0 Å². The molecule has 2 amide bonds. The molecule has 3 aromatic rings. The van der Waals surface area contributed by atoms with E-state index in [9.17, 15) is 9.59 Å². The number of benzene rings is 1. The number of aromatic nitrogens is 2. The van der Waals surface area contributed by atoms with Gasteiger partial charge in [-0.25, -0.2) is 4.98 Å². The fraction of sp³-hybridized carbons (Fsp3) is 0.0588. The molecule has 0 spiro atoms. The molecule has 0 unspecified atom stereocenters. The molecule has 0 bridgehead atoms. The van der Waals surface area contributed by atoms with Crippen molar-refractivity contribution in [1.29, 1.82) is 0 Å². The molecule has 0 atom stereocenters. The van der Waals surface area contributed by atoms with Gasteiger partial charge in [-0.1, -0.05) is 0 Å². The fourth-order valence-corrected chi connectivity index (χ4v) is 2.66. The highest BCUT2D eigenvalue weighted by molar-refractivity contribution is 7.14. The molecule has 0 radical (unpaired) electrons. The van der Waals surface area contributed by atoms with E-state index in [1.54, 1.807) is 55.1 Å². The SMILES string of the molecule is COc1ccc(C(=O)Nc2nc(C(=O)Nc3cccnc3)cs2)cc1. The van der Waals surface area contributed by atoms with Crippen molar-refractivity contribution < 1.29 is 14.3 Å². The van der Waals surface area contributed by atoms with Crippen molar-refractivity contribution >= 4 is 34.0 Å². The van der Waals surface area contributed by atoms with Gasteiger partial charge in [0.1, 0.15) is 11.4 Å². The van der Waals surface area contributed by atoms with Gasteiger partial charge in [0, 0.05) is 17.1 Å². The van der Waals surface area contributed by atoms with E-state index in [0.717, 1.165) is 0 Å². The molecule has 126 valence electrons. The summed E-state index contributed by atoms with van der Waals surface area (Å²) in [6.07, 6.45) is 3.15. The van der Waals surface area contributed by atoms with Gasteiger partial charge in [0.15, 0.2) is 5.13 Å². The zero-order valence-electron chi connectivity index (χ0n) is 13.2.